The molecule has 0 unspecified atom stereocenters. The number of nitrogens with zero attached hydrogens (tertiary/aromatic N) is 3. The van der Waals surface area contributed by atoms with E-state index < -0.39 is 0 Å². The van der Waals surface area contributed by atoms with Crippen LogP contribution in [-0.2, 0) is 11.3 Å². The van der Waals surface area contributed by atoms with Crippen molar-refractivity contribution >= 4 is 49.3 Å². The van der Waals surface area contributed by atoms with E-state index in [2.05, 4.69) is 45.6 Å². The number of aryl methyl sites for hydroxylation is 1. The lowest BCUT2D eigenvalue weighted by Gasteiger charge is -2.34. The minimum atomic E-state index is 0.0429. The lowest BCUT2D eigenvalue weighted by molar-refractivity contribution is -0.130. The first-order valence-corrected chi connectivity index (χ1v) is 10.9. The van der Waals surface area contributed by atoms with Crippen LogP contribution in [0.25, 0.3) is 10.2 Å². The topological polar surface area (TPSA) is 45.6 Å². The summed E-state index contributed by atoms with van der Waals surface area (Å²) in [4.78, 5) is 29.8. The summed E-state index contributed by atoms with van der Waals surface area (Å²) in [7, 11) is 0. The number of fused-ring (bicyclic) bond motifs is 1. The van der Waals surface area contributed by atoms with Gasteiger partial charge in [0.1, 0.15) is 5.69 Å². The zero-order valence-corrected chi connectivity index (χ0v) is 18.3. The highest BCUT2D eigenvalue weighted by molar-refractivity contribution is 9.10. The van der Waals surface area contributed by atoms with Gasteiger partial charge >= 0.3 is 0 Å². The van der Waals surface area contributed by atoms with Crippen molar-refractivity contribution in [2.45, 2.75) is 20.4 Å². The number of rotatable bonds is 3. The first-order valence-electron chi connectivity index (χ1n) is 9.31. The SMILES string of the molecule is CC(=O)N1CCN(C(=O)c2cc3sc(C)cc3n2Cc2ccc(Br)cc2)CC1. The van der Waals surface area contributed by atoms with Gasteiger partial charge in [0.15, 0.2) is 0 Å². The van der Waals surface area contributed by atoms with E-state index in [1.165, 1.54) is 4.88 Å². The van der Waals surface area contributed by atoms with Gasteiger partial charge in [0.25, 0.3) is 5.91 Å². The smallest absolute Gasteiger partial charge is 0.270 e. The van der Waals surface area contributed by atoms with Crippen molar-refractivity contribution in [2.75, 3.05) is 26.2 Å². The fourth-order valence-corrected chi connectivity index (χ4v) is 4.90. The quantitative estimate of drug-likeness (QED) is 0.590. The lowest BCUT2D eigenvalue weighted by Crippen LogP contribution is -2.50. The fourth-order valence-electron chi connectivity index (χ4n) is 3.67. The minimum Gasteiger partial charge on any atom is -0.339 e. The molecule has 0 spiro atoms. The maximum atomic E-state index is 13.3. The third-order valence-corrected chi connectivity index (χ3v) is 6.71. The van der Waals surface area contributed by atoms with Crippen molar-refractivity contribution in [3.63, 3.8) is 0 Å². The highest BCUT2D eigenvalue weighted by Crippen LogP contribution is 2.30. The molecule has 0 saturated carbocycles. The maximum Gasteiger partial charge on any atom is 0.270 e. The van der Waals surface area contributed by atoms with Crippen molar-refractivity contribution in [3.05, 3.63) is 57.0 Å². The number of carbonyl (C=O) groups is 2. The molecule has 1 fully saturated rings. The summed E-state index contributed by atoms with van der Waals surface area (Å²) in [5, 5.41) is 0. The average Bonchev–Trinajstić information content (AvgIpc) is 3.20. The molecule has 28 heavy (non-hydrogen) atoms. The Labute approximate surface area is 176 Å². The van der Waals surface area contributed by atoms with Crippen LogP contribution in [0.1, 0.15) is 27.9 Å². The Kier molecular flexibility index (Phi) is 5.29. The van der Waals surface area contributed by atoms with Crippen LogP contribution in [-0.4, -0.2) is 52.4 Å². The summed E-state index contributed by atoms with van der Waals surface area (Å²) >= 11 is 5.19. The predicted molar refractivity (Wildman–Crippen MR) is 116 cm³/mol. The van der Waals surface area contributed by atoms with Gasteiger partial charge in [-0.15, -0.1) is 11.3 Å². The van der Waals surface area contributed by atoms with Crippen molar-refractivity contribution in [1.29, 1.82) is 0 Å². The summed E-state index contributed by atoms with van der Waals surface area (Å²) in [6.45, 7) is 6.68. The van der Waals surface area contributed by atoms with Crippen molar-refractivity contribution < 1.29 is 9.59 Å². The van der Waals surface area contributed by atoms with Gasteiger partial charge in [-0.05, 0) is 36.8 Å². The standard InChI is InChI=1S/C21H22BrN3O2S/c1-14-11-18-20(28-14)12-19(25(18)13-16-3-5-17(22)6-4-16)21(27)24-9-7-23(8-10-24)15(2)26/h3-6,11-12H,7-10,13H2,1-2H3. The molecule has 3 heterocycles. The zero-order chi connectivity index (χ0) is 19.8. The molecular weight excluding hydrogens is 438 g/mol. The number of hydrogen-bond acceptors (Lipinski definition) is 3. The van der Waals surface area contributed by atoms with Crippen molar-refractivity contribution in [1.82, 2.24) is 14.4 Å². The van der Waals surface area contributed by atoms with E-state index in [1.54, 1.807) is 23.2 Å². The van der Waals surface area contributed by atoms with Gasteiger partial charge in [0.05, 0.1) is 10.2 Å². The summed E-state index contributed by atoms with van der Waals surface area (Å²) in [5.41, 5.74) is 2.98. The molecule has 4 rings (SSSR count). The minimum absolute atomic E-state index is 0.0429. The van der Waals surface area contributed by atoms with Crippen LogP contribution in [0, 0.1) is 6.92 Å². The Morgan fingerprint density at radius 3 is 2.32 bits per heavy atom. The third-order valence-electron chi connectivity index (χ3n) is 5.20. The first-order chi connectivity index (χ1) is 13.4. The monoisotopic (exact) mass is 459 g/mol. The molecule has 1 aliphatic heterocycles. The van der Waals surface area contributed by atoms with E-state index in [9.17, 15) is 9.59 Å². The third kappa shape index (κ3) is 3.73. The van der Waals surface area contributed by atoms with Crippen LogP contribution in [0.5, 0.6) is 0 Å². The second-order valence-corrected chi connectivity index (χ2v) is 9.35. The molecule has 0 bridgehead atoms. The predicted octanol–water partition coefficient (Wildman–Crippen LogP) is 4.13. The second kappa shape index (κ2) is 7.72. The maximum absolute atomic E-state index is 13.3. The van der Waals surface area contributed by atoms with Crippen LogP contribution in [0.3, 0.4) is 0 Å². The number of hydrogen-bond donors (Lipinski definition) is 0. The highest BCUT2D eigenvalue weighted by atomic mass is 79.9. The number of piperazine rings is 1. The normalized spacial score (nSPS) is 14.7. The molecular formula is C21H22BrN3O2S. The van der Waals surface area contributed by atoms with Gasteiger partial charge in [-0.2, -0.15) is 0 Å². The van der Waals surface area contributed by atoms with Crippen molar-refractivity contribution in [3.8, 4) is 0 Å². The molecule has 2 aromatic heterocycles. The number of thiophene rings is 1. The highest BCUT2D eigenvalue weighted by Gasteiger charge is 2.26. The van der Waals surface area contributed by atoms with Crippen LogP contribution in [0.2, 0.25) is 0 Å². The Bertz CT molecular complexity index is 1030. The molecule has 0 radical (unpaired) electrons. The number of halogens is 1. The van der Waals surface area contributed by atoms with Crippen LogP contribution in [0.15, 0.2) is 40.9 Å². The molecule has 0 atom stereocenters. The second-order valence-electron chi connectivity index (χ2n) is 7.15. The van der Waals surface area contributed by atoms with Crippen molar-refractivity contribution in [2.24, 2.45) is 0 Å². The van der Waals surface area contributed by atoms with Crippen LogP contribution < -0.4 is 0 Å². The molecule has 3 aromatic rings. The Morgan fingerprint density at radius 2 is 1.68 bits per heavy atom. The van der Waals surface area contributed by atoms with E-state index in [1.807, 2.05) is 23.1 Å². The van der Waals surface area contributed by atoms with Gasteiger partial charge < -0.3 is 14.4 Å². The van der Waals surface area contributed by atoms with E-state index in [0.29, 0.717) is 32.7 Å². The number of amides is 2. The molecule has 1 saturated heterocycles. The summed E-state index contributed by atoms with van der Waals surface area (Å²) in [6.07, 6.45) is 0. The van der Waals surface area contributed by atoms with E-state index in [0.717, 1.165) is 25.9 Å². The largest absolute Gasteiger partial charge is 0.339 e. The molecule has 5 nitrogen and oxygen atoms in total. The first kappa shape index (κ1) is 19.2. The van der Waals surface area contributed by atoms with Crippen LogP contribution in [0.4, 0.5) is 0 Å². The molecule has 1 aliphatic rings. The molecule has 2 amide bonds. The zero-order valence-electron chi connectivity index (χ0n) is 15.9. The van der Waals surface area contributed by atoms with Gasteiger partial charge in [-0.25, -0.2) is 0 Å². The molecule has 0 aliphatic carbocycles. The Balaban J connectivity index is 1.64. The lowest BCUT2D eigenvalue weighted by atomic mass is 10.2. The van der Waals surface area contributed by atoms with Gasteiger partial charge in [0.2, 0.25) is 5.91 Å². The summed E-state index contributed by atoms with van der Waals surface area (Å²) in [6, 6.07) is 12.4. The number of carbonyl (C=O) groups excluding carboxylic acids is 2. The Hall–Kier alpha value is -2.12. The summed E-state index contributed by atoms with van der Waals surface area (Å²) in [5.74, 6) is 0.114. The van der Waals surface area contributed by atoms with E-state index in [4.69, 9.17) is 0 Å². The van der Waals surface area contributed by atoms with Gasteiger partial charge in [-0.1, -0.05) is 28.1 Å². The van der Waals surface area contributed by atoms with E-state index in [-0.39, 0.29) is 11.8 Å². The number of aromatic nitrogens is 1. The van der Waals surface area contributed by atoms with E-state index >= 15 is 0 Å². The fraction of sp³-hybridized carbons (Fsp3) is 0.333. The Morgan fingerprint density at radius 1 is 1.04 bits per heavy atom. The van der Waals surface area contributed by atoms with Gasteiger partial charge in [0, 0.05) is 49.0 Å². The molecule has 7 heteroatoms. The number of benzene rings is 1. The van der Waals surface area contributed by atoms with Crippen LogP contribution >= 0.6 is 27.3 Å². The summed E-state index contributed by atoms with van der Waals surface area (Å²) < 4.78 is 4.31. The molecule has 146 valence electrons. The molecule has 1 aromatic carbocycles. The van der Waals surface area contributed by atoms with Gasteiger partial charge in [-0.3, -0.25) is 9.59 Å². The molecule has 0 N–H and O–H groups in total. The average molecular weight is 460 g/mol.